The number of benzene rings is 2. The molecule has 2 aromatic heterocycles. The average molecular weight is 441 g/mol. The minimum atomic E-state index is -0.607. The van der Waals surface area contributed by atoms with Crippen molar-refractivity contribution in [3.63, 3.8) is 0 Å². The predicted molar refractivity (Wildman–Crippen MR) is 119 cm³/mol. The Morgan fingerprint density at radius 3 is 2.43 bits per heavy atom. The Morgan fingerprint density at radius 2 is 1.77 bits per heavy atom. The monoisotopic (exact) mass is 440 g/mol. The van der Waals surface area contributed by atoms with Crippen molar-refractivity contribution in [3.05, 3.63) is 86.5 Å². The molecule has 0 unspecified atom stereocenters. The largest absolute Gasteiger partial charge is 0.465 e. The van der Waals surface area contributed by atoms with E-state index in [0.29, 0.717) is 20.9 Å². The second-order valence-electron chi connectivity index (χ2n) is 6.49. The number of hydrogen-bond donors (Lipinski definition) is 0. The lowest BCUT2D eigenvalue weighted by Gasteiger charge is -2.11. The van der Waals surface area contributed by atoms with Gasteiger partial charge in [-0.3, -0.25) is 14.2 Å². The maximum absolute atomic E-state index is 13.3. The number of nitrogens with zero attached hydrogens (tertiary/aromatic N) is 2. The highest BCUT2D eigenvalue weighted by atomic mass is 35.5. The first-order valence-corrected chi connectivity index (χ1v) is 10.5. The number of thiophene rings is 1. The number of carbonyl (C=O) groups excluding carboxylic acids is 1. The van der Waals surface area contributed by atoms with Gasteiger partial charge in [0.15, 0.2) is 0 Å². The van der Waals surface area contributed by atoms with Gasteiger partial charge >= 0.3 is 11.7 Å². The molecule has 2 aromatic carbocycles. The Hall–Kier alpha value is -3.16. The summed E-state index contributed by atoms with van der Waals surface area (Å²) in [6.45, 7) is 1.61. The van der Waals surface area contributed by atoms with E-state index in [1.807, 2.05) is 30.3 Å². The summed E-state index contributed by atoms with van der Waals surface area (Å²) in [4.78, 5) is 40.0. The number of rotatable bonds is 5. The van der Waals surface area contributed by atoms with E-state index in [0.717, 1.165) is 15.0 Å². The molecule has 0 radical (unpaired) electrons. The van der Waals surface area contributed by atoms with E-state index in [9.17, 15) is 14.4 Å². The van der Waals surface area contributed by atoms with Gasteiger partial charge in [-0.2, -0.15) is 0 Å². The summed E-state index contributed by atoms with van der Waals surface area (Å²) >= 11 is 7.24. The molecule has 0 N–H and O–H groups in total. The van der Waals surface area contributed by atoms with Crippen molar-refractivity contribution in [2.75, 3.05) is 6.61 Å². The van der Waals surface area contributed by atoms with Gasteiger partial charge in [-0.25, -0.2) is 9.36 Å². The number of hydrogen-bond acceptors (Lipinski definition) is 5. The quantitative estimate of drug-likeness (QED) is 0.438. The van der Waals surface area contributed by atoms with E-state index in [2.05, 4.69) is 0 Å². The molecule has 2 heterocycles. The first kappa shape index (κ1) is 20.1. The van der Waals surface area contributed by atoms with Gasteiger partial charge in [-0.05, 0) is 42.8 Å². The molecule has 0 saturated carbocycles. The molecule has 0 atom stereocenters. The zero-order valence-electron chi connectivity index (χ0n) is 16.0. The third-order valence-corrected chi connectivity index (χ3v) is 6.01. The van der Waals surface area contributed by atoms with E-state index < -0.39 is 17.2 Å². The second kappa shape index (κ2) is 8.30. The summed E-state index contributed by atoms with van der Waals surface area (Å²) in [5.41, 5.74) is 0.243. The summed E-state index contributed by atoms with van der Waals surface area (Å²) in [5.74, 6) is -0.545. The van der Waals surface area contributed by atoms with Gasteiger partial charge in [0.25, 0.3) is 5.56 Å². The smallest absolute Gasteiger partial charge is 0.337 e. The van der Waals surface area contributed by atoms with Crippen LogP contribution in [0.15, 0.2) is 70.3 Å². The van der Waals surface area contributed by atoms with Gasteiger partial charge in [0.1, 0.15) is 11.4 Å². The van der Waals surface area contributed by atoms with Crippen molar-refractivity contribution in [1.82, 2.24) is 9.13 Å². The number of fused-ring (bicyclic) bond motifs is 1. The molecule has 0 fully saturated rings. The molecule has 4 rings (SSSR count). The molecule has 0 aliphatic heterocycles. The van der Waals surface area contributed by atoms with Crippen molar-refractivity contribution in [2.45, 2.75) is 13.5 Å². The molecule has 0 aliphatic carbocycles. The molecule has 6 nitrogen and oxygen atoms in total. The van der Waals surface area contributed by atoms with Gasteiger partial charge < -0.3 is 4.74 Å². The lowest BCUT2D eigenvalue weighted by atomic mass is 10.2. The fraction of sp³-hybridized carbons (Fsp3) is 0.136. The Bertz CT molecular complexity index is 1340. The van der Waals surface area contributed by atoms with Crippen LogP contribution in [0.4, 0.5) is 0 Å². The molecular formula is C22H17ClN2O4S. The summed E-state index contributed by atoms with van der Waals surface area (Å²) in [7, 11) is 0. The van der Waals surface area contributed by atoms with Crippen LogP contribution in [-0.2, 0) is 16.1 Å². The van der Waals surface area contributed by atoms with Gasteiger partial charge in [0.05, 0.1) is 17.7 Å². The van der Waals surface area contributed by atoms with E-state index in [1.54, 1.807) is 37.3 Å². The Balaban J connectivity index is 2.01. The van der Waals surface area contributed by atoms with Crippen LogP contribution in [0.25, 0.3) is 26.3 Å². The van der Waals surface area contributed by atoms with Crippen LogP contribution in [0, 0.1) is 0 Å². The number of esters is 1. The maximum Gasteiger partial charge on any atom is 0.337 e. The van der Waals surface area contributed by atoms with Crippen LogP contribution >= 0.6 is 22.9 Å². The molecule has 0 bridgehead atoms. The zero-order valence-corrected chi connectivity index (χ0v) is 17.6. The van der Waals surface area contributed by atoms with E-state index >= 15 is 0 Å². The van der Waals surface area contributed by atoms with E-state index in [4.69, 9.17) is 16.3 Å². The molecule has 0 aliphatic rings. The number of ether oxygens (including phenoxy) is 1. The molecule has 0 spiro atoms. The van der Waals surface area contributed by atoms with Crippen molar-refractivity contribution in [3.8, 4) is 16.1 Å². The SMILES string of the molecule is CCOC(=O)Cn1c(=O)n(-c2ccc(Cl)cc2)c(=O)c2cc(-c3ccccc3)sc21. The van der Waals surface area contributed by atoms with E-state index in [-0.39, 0.29) is 13.2 Å². The van der Waals surface area contributed by atoms with Gasteiger partial charge in [0.2, 0.25) is 0 Å². The predicted octanol–water partition coefficient (Wildman–Crippen LogP) is 4.10. The van der Waals surface area contributed by atoms with Crippen LogP contribution < -0.4 is 11.2 Å². The number of carbonyl (C=O) groups is 1. The lowest BCUT2D eigenvalue weighted by molar-refractivity contribution is -0.143. The molecule has 4 aromatic rings. The molecule has 0 amide bonds. The fourth-order valence-electron chi connectivity index (χ4n) is 3.19. The topological polar surface area (TPSA) is 70.3 Å². The van der Waals surface area contributed by atoms with Crippen molar-refractivity contribution in [1.29, 1.82) is 0 Å². The van der Waals surface area contributed by atoms with Crippen molar-refractivity contribution >= 4 is 39.1 Å². The summed E-state index contributed by atoms with van der Waals surface area (Å²) in [6.07, 6.45) is 0. The van der Waals surface area contributed by atoms with Gasteiger partial charge in [0, 0.05) is 9.90 Å². The minimum absolute atomic E-state index is 0.202. The summed E-state index contributed by atoms with van der Waals surface area (Å²) in [5, 5.41) is 0.847. The van der Waals surface area contributed by atoms with E-state index in [1.165, 1.54) is 15.9 Å². The Labute approximate surface area is 180 Å². The van der Waals surface area contributed by atoms with Gasteiger partial charge in [-0.15, -0.1) is 11.3 Å². The molecule has 0 saturated heterocycles. The normalized spacial score (nSPS) is 11.0. The minimum Gasteiger partial charge on any atom is -0.465 e. The Kier molecular flexibility index (Phi) is 5.57. The van der Waals surface area contributed by atoms with Crippen LogP contribution in [0.2, 0.25) is 5.02 Å². The molecular weight excluding hydrogens is 424 g/mol. The summed E-state index contributed by atoms with van der Waals surface area (Å²) < 4.78 is 7.38. The number of halogens is 1. The Morgan fingerprint density at radius 1 is 1.07 bits per heavy atom. The standard InChI is InChI=1S/C22H17ClN2O4S/c1-2-29-19(26)13-24-21-17(12-18(30-21)14-6-4-3-5-7-14)20(27)25(22(24)28)16-10-8-15(23)9-11-16/h3-12H,2,13H2,1H3. The van der Waals surface area contributed by atoms with Crippen LogP contribution in [0.5, 0.6) is 0 Å². The van der Waals surface area contributed by atoms with Crippen LogP contribution in [-0.4, -0.2) is 21.7 Å². The molecule has 152 valence electrons. The second-order valence-corrected chi connectivity index (χ2v) is 7.95. The third kappa shape index (κ3) is 3.69. The highest BCUT2D eigenvalue weighted by Crippen LogP contribution is 2.31. The maximum atomic E-state index is 13.3. The first-order chi connectivity index (χ1) is 14.5. The van der Waals surface area contributed by atoms with Crippen LogP contribution in [0.1, 0.15) is 6.92 Å². The first-order valence-electron chi connectivity index (χ1n) is 9.26. The summed E-state index contributed by atoms with van der Waals surface area (Å²) in [6, 6.07) is 17.7. The van der Waals surface area contributed by atoms with Crippen molar-refractivity contribution < 1.29 is 9.53 Å². The highest BCUT2D eigenvalue weighted by molar-refractivity contribution is 7.21. The van der Waals surface area contributed by atoms with Crippen molar-refractivity contribution in [2.24, 2.45) is 0 Å². The average Bonchev–Trinajstić information content (AvgIpc) is 3.19. The number of aromatic nitrogens is 2. The highest BCUT2D eigenvalue weighted by Gasteiger charge is 2.20. The molecule has 30 heavy (non-hydrogen) atoms. The van der Waals surface area contributed by atoms with Crippen LogP contribution in [0.3, 0.4) is 0 Å². The third-order valence-electron chi connectivity index (χ3n) is 4.55. The zero-order chi connectivity index (χ0) is 21.3. The lowest BCUT2D eigenvalue weighted by Crippen LogP contribution is -2.39. The molecule has 8 heteroatoms. The van der Waals surface area contributed by atoms with Gasteiger partial charge in [-0.1, -0.05) is 41.9 Å². The fourth-order valence-corrected chi connectivity index (χ4v) is 4.46.